The number of hydrogen-bond acceptors (Lipinski definition) is 5. The van der Waals surface area contributed by atoms with Crippen molar-refractivity contribution in [3.05, 3.63) is 0 Å². The highest BCUT2D eigenvalue weighted by molar-refractivity contribution is 7.53. The number of nitrogens with one attached hydrogen (secondary N) is 1. The van der Waals surface area contributed by atoms with Gasteiger partial charge in [-0.25, -0.2) is 0 Å². The summed E-state index contributed by atoms with van der Waals surface area (Å²) in [6.45, 7) is 4.31. The highest BCUT2D eigenvalue weighted by atomic mass is 31.2. The molecular formula is C8H18NO5P. The third kappa shape index (κ3) is 7.50. The zero-order valence-electron chi connectivity index (χ0n) is 9.06. The smallest absolute Gasteiger partial charge is 0.344 e. The summed E-state index contributed by atoms with van der Waals surface area (Å²) >= 11 is 0. The number of aliphatic carboxylic acids is 1. The fraction of sp³-hybridized carbons (Fsp3) is 0.875. The summed E-state index contributed by atoms with van der Waals surface area (Å²) in [5, 5.41) is 11.1. The molecule has 0 saturated carbocycles. The molecule has 6 nitrogen and oxygen atoms in total. The van der Waals surface area contributed by atoms with Crippen LogP contribution in [-0.4, -0.2) is 37.1 Å². The third-order valence-corrected chi connectivity index (χ3v) is 3.39. The highest BCUT2D eigenvalue weighted by Crippen LogP contribution is 2.46. The first-order valence-electron chi connectivity index (χ1n) is 4.84. The van der Waals surface area contributed by atoms with Crippen molar-refractivity contribution in [2.75, 3.05) is 26.0 Å². The molecule has 15 heavy (non-hydrogen) atoms. The van der Waals surface area contributed by atoms with E-state index in [9.17, 15) is 9.36 Å². The predicted molar refractivity (Wildman–Crippen MR) is 56.0 cm³/mol. The molecule has 0 aliphatic carbocycles. The summed E-state index contributed by atoms with van der Waals surface area (Å²) in [6, 6.07) is 0. The van der Waals surface area contributed by atoms with E-state index in [0.717, 1.165) is 0 Å². The summed E-state index contributed by atoms with van der Waals surface area (Å²) in [5.41, 5.74) is 0. The monoisotopic (exact) mass is 239 g/mol. The standard InChI is InChI=1S/C8H18NO5P/c1-3-13-15(12,14-4-2)7-9-6-5-8(10)11/h9H,3-7H2,1-2H3,(H,10,11). The molecule has 0 rings (SSSR count). The Kier molecular flexibility index (Phi) is 7.60. The van der Waals surface area contributed by atoms with Gasteiger partial charge in [-0.3, -0.25) is 9.36 Å². The normalized spacial score (nSPS) is 11.6. The molecule has 0 heterocycles. The molecule has 0 bridgehead atoms. The number of rotatable bonds is 9. The van der Waals surface area contributed by atoms with Gasteiger partial charge in [0.05, 0.1) is 25.9 Å². The number of carboxylic acids is 1. The molecule has 0 spiro atoms. The molecule has 0 aromatic carbocycles. The van der Waals surface area contributed by atoms with Gasteiger partial charge in [0, 0.05) is 6.54 Å². The van der Waals surface area contributed by atoms with Crippen LogP contribution < -0.4 is 5.32 Å². The molecule has 0 aliphatic heterocycles. The van der Waals surface area contributed by atoms with Crippen LogP contribution in [0.5, 0.6) is 0 Å². The van der Waals surface area contributed by atoms with Crippen molar-refractivity contribution in [3.8, 4) is 0 Å². The van der Waals surface area contributed by atoms with Gasteiger partial charge in [-0.05, 0) is 13.8 Å². The van der Waals surface area contributed by atoms with Crippen molar-refractivity contribution in [2.45, 2.75) is 20.3 Å². The van der Waals surface area contributed by atoms with E-state index < -0.39 is 13.6 Å². The van der Waals surface area contributed by atoms with Crippen molar-refractivity contribution in [1.82, 2.24) is 5.32 Å². The van der Waals surface area contributed by atoms with Gasteiger partial charge in [-0.15, -0.1) is 0 Å². The van der Waals surface area contributed by atoms with E-state index in [-0.39, 0.29) is 19.3 Å². The van der Waals surface area contributed by atoms with Crippen molar-refractivity contribution in [2.24, 2.45) is 0 Å². The van der Waals surface area contributed by atoms with Crippen LogP contribution in [0.15, 0.2) is 0 Å². The van der Waals surface area contributed by atoms with Crippen LogP contribution >= 0.6 is 7.60 Å². The second kappa shape index (κ2) is 7.82. The van der Waals surface area contributed by atoms with E-state index >= 15 is 0 Å². The zero-order chi connectivity index (χ0) is 11.7. The van der Waals surface area contributed by atoms with Crippen LogP contribution in [0.2, 0.25) is 0 Å². The molecule has 0 fully saturated rings. The van der Waals surface area contributed by atoms with Gasteiger partial charge in [0.25, 0.3) is 0 Å². The summed E-state index contributed by atoms with van der Waals surface area (Å²) in [4.78, 5) is 10.2. The largest absolute Gasteiger partial charge is 0.481 e. The SMILES string of the molecule is CCOP(=O)(CNCCC(=O)O)OCC. The average molecular weight is 239 g/mol. The minimum absolute atomic E-state index is 0.0156. The fourth-order valence-electron chi connectivity index (χ4n) is 0.933. The second-order valence-corrected chi connectivity index (χ2v) is 4.80. The minimum atomic E-state index is -3.08. The second-order valence-electron chi connectivity index (χ2n) is 2.75. The van der Waals surface area contributed by atoms with Crippen molar-refractivity contribution in [3.63, 3.8) is 0 Å². The van der Waals surface area contributed by atoms with Crippen LogP contribution in [0, 0.1) is 0 Å². The number of hydrogen-bond donors (Lipinski definition) is 2. The lowest BCUT2D eigenvalue weighted by molar-refractivity contribution is -0.136. The maximum Gasteiger partial charge on any atom is 0.344 e. The van der Waals surface area contributed by atoms with Gasteiger partial charge in [-0.2, -0.15) is 0 Å². The van der Waals surface area contributed by atoms with E-state index in [4.69, 9.17) is 14.2 Å². The van der Waals surface area contributed by atoms with Crippen LogP contribution in [-0.2, 0) is 18.4 Å². The quantitative estimate of drug-likeness (QED) is 0.465. The van der Waals surface area contributed by atoms with Crippen LogP contribution in [0.1, 0.15) is 20.3 Å². The van der Waals surface area contributed by atoms with E-state index in [1.807, 2.05) is 0 Å². The molecule has 7 heteroatoms. The first kappa shape index (κ1) is 14.6. The van der Waals surface area contributed by atoms with Crippen LogP contribution in [0.3, 0.4) is 0 Å². The Bertz CT molecular complexity index is 223. The summed E-state index contributed by atoms with van der Waals surface area (Å²) in [7, 11) is -3.08. The number of carbonyl (C=O) groups is 1. The Labute approximate surface area is 89.5 Å². The lowest BCUT2D eigenvalue weighted by Gasteiger charge is -2.16. The van der Waals surface area contributed by atoms with Crippen molar-refractivity contribution < 1.29 is 23.5 Å². The van der Waals surface area contributed by atoms with Gasteiger partial charge >= 0.3 is 13.6 Å². The van der Waals surface area contributed by atoms with Gasteiger partial charge in [-0.1, -0.05) is 0 Å². The average Bonchev–Trinajstić information content (AvgIpc) is 2.13. The molecule has 0 unspecified atom stereocenters. The molecule has 0 aromatic heterocycles. The zero-order valence-corrected chi connectivity index (χ0v) is 9.96. The van der Waals surface area contributed by atoms with Crippen LogP contribution in [0.25, 0.3) is 0 Å². The van der Waals surface area contributed by atoms with Crippen LogP contribution in [0.4, 0.5) is 0 Å². The molecule has 0 aliphatic rings. The molecule has 2 N–H and O–H groups in total. The van der Waals surface area contributed by atoms with E-state index in [1.165, 1.54) is 0 Å². The van der Waals surface area contributed by atoms with E-state index in [1.54, 1.807) is 13.8 Å². The van der Waals surface area contributed by atoms with E-state index in [0.29, 0.717) is 13.2 Å². The van der Waals surface area contributed by atoms with Crippen molar-refractivity contribution >= 4 is 13.6 Å². The van der Waals surface area contributed by atoms with Gasteiger partial charge in [0.2, 0.25) is 0 Å². The Morgan fingerprint density at radius 1 is 1.33 bits per heavy atom. The third-order valence-electron chi connectivity index (χ3n) is 1.47. The molecule has 0 amide bonds. The Morgan fingerprint density at radius 2 is 1.87 bits per heavy atom. The first-order valence-corrected chi connectivity index (χ1v) is 6.57. The Hall–Kier alpha value is -0.420. The molecule has 90 valence electrons. The lowest BCUT2D eigenvalue weighted by atomic mass is 10.4. The fourth-order valence-corrected chi connectivity index (χ4v) is 2.41. The summed E-state index contributed by atoms with van der Waals surface area (Å²) < 4.78 is 21.8. The molecule has 0 atom stereocenters. The minimum Gasteiger partial charge on any atom is -0.481 e. The molecule has 0 saturated heterocycles. The van der Waals surface area contributed by atoms with Gasteiger partial charge in [0.1, 0.15) is 0 Å². The topological polar surface area (TPSA) is 84.9 Å². The Balaban J connectivity index is 3.85. The predicted octanol–water partition coefficient (Wildman–Crippen LogP) is 1.27. The molecule has 0 aromatic rings. The maximum atomic E-state index is 11.8. The van der Waals surface area contributed by atoms with E-state index in [2.05, 4.69) is 5.32 Å². The summed E-state index contributed by atoms with van der Waals surface area (Å²) in [6.07, 6.45) is 0.0280. The summed E-state index contributed by atoms with van der Waals surface area (Å²) in [5.74, 6) is -0.898. The number of carboxylic acid groups (broad SMARTS) is 1. The van der Waals surface area contributed by atoms with Gasteiger partial charge < -0.3 is 19.5 Å². The van der Waals surface area contributed by atoms with Crippen molar-refractivity contribution in [1.29, 1.82) is 0 Å². The van der Waals surface area contributed by atoms with Gasteiger partial charge in [0.15, 0.2) is 0 Å². The molecule has 0 radical (unpaired) electrons. The lowest BCUT2D eigenvalue weighted by Crippen LogP contribution is -2.21. The highest BCUT2D eigenvalue weighted by Gasteiger charge is 2.22. The maximum absolute atomic E-state index is 11.8. The Morgan fingerprint density at radius 3 is 2.27 bits per heavy atom. The first-order chi connectivity index (χ1) is 7.04. The molecular weight excluding hydrogens is 221 g/mol.